The molecule has 1 aliphatic heterocycles. The molecule has 0 unspecified atom stereocenters. The number of ketones is 1. The van der Waals surface area contributed by atoms with Crippen molar-refractivity contribution in [1.82, 2.24) is 10.6 Å². The Kier molecular flexibility index (Phi) is 10.1. The molecular formula is C29H33F3N2O7S. The van der Waals surface area contributed by atoms with E-state index >= 15 is 0 Å². The maximum absolute atomic E-state index is 13.5. The van der Waals surface area contributed by atoms with E-state index in [0.29, 0.717) is 12.1 Å². The van der Waals surface area contributed by atoms with Crippen LogP contribution in [0.4, 0.5) is 18.0 Å². The second-order valence-corrected chi connectivity index (χ2v) is 12.7. The molecule has 1 heterocycles. The Balaban J connectivity index is 2.06. The molecule has 13 heteroatoms. The van der Waals surface area contributed by atoms with E-state index in [1.54, 1.807) is 20.8 Å². The third-order valence-corrected chi connectivity index (χ3v) is 7.83. The van der Waals surface area contributed by atoms with Gasteiger partial charge in [-0.05, 0) is 86.7 Å². The molecule has 0 saturated carbocycles. The molecule has 0 radical (unpaired) electrons. The lowest BCUT2D eigenvalue weighted by molar-refractivity contribution is -0.274. The lowest BCUT2D eigenvalue weighted by Gasteiger charge is -2.25. The molecule has 2 N–H and O–H groups in total. The number of allylic oxidation sites excluding steroid dienone is 1. The van der Waals surface area contributed by atoms with Crippen LogP contribution in [0.15, 0.2) is 53.4 Å². The molecule has 42 heavy (non-hydrogen) atoms. The Bertz CT molecular complexity index is 1460. The Morgan fingerprint density at radius 1 is 1.05 bits per heavy atom. The number of hydrogen-bond acceptors (Lipinski definition) is 7. The minimum Gasteiger partial charge on any atom is -0.444 e. The number of ether oxygens (including phenoxy) is 2. The number of alkyl carbamates (subject to hydrolysis) is 1. The Morgan fingerprint density at radius 3 is 2.31 bits per heavy atom. The number of amides is 2. The number of unbranched alkanes of at least 4 members (excludes halogenated alkanes) is 1. The SMILES string of the molecule is CCCCNC(=O)c1ccc2c(c1)C(Cc1ccc(OC(F)(F)F)cc1)=CC(=O)[C@@H](NC(=O)OC(C)(C)C)CS2(=O)=O. The highest BCUT2D eigenvalue weighted by Crippen LogP contribution is 2.32. The second kappa shape index (κ2) is 13.0. The zero-order chi connectivity index (χ0) is 31.3. The molecule has 2 aromatic rings. The molecule has 2 amide bonds. The van der Waals surface area contributed by atoms with E-state index < -0.39 is 57.1 Å². The molecular weight excluding hydrogens is 577 g/mol. The fourth-order valence-corrected chi connectivity index (χ4v) is 5.82. The lowest BCUT2D eigenvalue weighted by atomic mass is 9.94. The van der Waals surface area contributed by atoms with Crippen LogP contribution in [0.1, 0.15) is 62.0 Å². The number of fused-ring (bicyclic) bond motifs is 1. The first-order valence-electron chi connectivity index (χ1n) is 13.2. The van der Waals surface area contributed by atoms with E-state index in [1.807, 2.05) is 6.92 Å². The number of carbonyl (C=O) groups is 3. The highest BCUT2D eigenvalue weighted by Gasteiger charge is 2.34. The molecule has 0 aromatic heterocycles. The van der Waals surface area contributed by atoms with Crippen molar-refractivity contribution in [1.29, 1.82) is 0 Å². The van der Waals surface area contributed by atoms with Crippen LogP contribution in [0.25, 0.3) is 5.57 Å². The summed E-state index contributed by atoms with van der Waals surface area (Å²) in [6, 6.07) is 7.40. The molecule has 1 atom stereocenters. The summed E-state index contributed by atoms with van der Waals surface area (Å²) < 4.78 is 74.0. The number of carbonyl (C=O) groups excluding carboxylic acids is 3. The van der Waals surface area contributed by atoms with Gasteiger partial charge in [0, 0.05) is 12.1 Å². The van der Waals surface area contributed by atoms with Gasteiger partial charge in [0.25, 0.3) is 5.91 Å². The average Bonchev–Trinajstić information content (AvgIpc) is 2.86. The van der Waals surface area contributed by atoms with Gasteiger partial charge in [0.1, 0.15) is 17.4 Å². The topological polar surface area (TPSA) is 128 Å². The van der Waals surface area contributed by atoms with Crippen molar-refractivity contribution in [2.45, 2.75) is 69.9 Å². The Hall–Kier alpha value is -3.87. The molecule has 1 aliphatic rings. The smallest absolute Gasteiger partial charge is 0.444 e. The van der Waals surface area contributed by atoms with Gasteiger partial charge in [-0.1, -0.05) is 25.5 Å². The van der Waals surface area contributed by atoms with Crippen molar-refractivity contribution >= 4 is 33.2 Å². The first-order chi connectivity index (χ1) is 19.5. The van der Waals surface area contributed by atoms with Crippen molar-refractivity contribution in [2.75, 3.05) is 12.3 Å². The number of rotatable bonds is 8. The van der Waals surface area contributed by atoms with Crippen LogP contribution in [0.3, 0.4) is 0 Å². The van der Waals surface area contributed by atoms with Crippen molar-refractivity contribution in [3.63, 3.8) is 0 Å². The third-order valence-electron chi connectivity index (χ3n) is 6.03. The molecule has 0 aliphatic carbocycles. The molecule has 0 fully saturated rings. The van der Waals surface area contributed by atoms with Crippen LogP contribution >= 0.6 is 0 Å². The van der Waals surface area contributed by atoms with Crippen molar-refractivity contribution in [2.24, 2.45) is 0 Å². The molecule has 0 saturated heterocycles. The van der Waals surface area contributed by atoms with Gasteiger partial charge in [-0.3, -0.25) is 9.59 Å². The van der Waals surface area contributed by atoms with Crippen LogP contribution in [0.5, 0.6) is 5.75 Å². The van der Waals surface area contributed by atoms with Crippen LogP contribution in [-0.2, 0) is 25.8 Å². The predicted molar refractivity (Wildman–Crippen MR) is 149 cm³/mol. The van der Waals surface area contributed by atoms with Crippen LogP contribution in [0.2, 0.25) is 0 Å². The van der Waals surface area contributed by atoms with Crippen molar-refractivity contribution in [3.8, 4) is 5.75 Å². The summed E-state index contributed by atoms with van der Waals surface area (Å²) >= 11 is 0. The van der Waals surface area contributed by atoms with E-state index in [0.717, 1.165) is 25.0 Å². The van der Waals surface area contributed by atoms with Gasteiger partial charge in [-0.2, -0.15) is 0 Å². The van der Waals surface area contributed by atoms with Crippen LogP contribution in [0, 0.1) is 0 Å². The molecule has 3 rings (SSSR count). The summed E-state index contributed by atoms with van der Waals surface area (Å²) in [4.78, 5) is 38.4. The maximum atomic E-state index is 13.5. The molecule has 2 aromatic carbocycles. The van der Waals surface area contributed by atoms with Gasteiger partial charge < -0.3 is 20.1 Å². The monoisotopic (exact) mass is 610 g/mol. The lowest BCUT2D eigenvalue weighted by Crippen LogP contribution is -2.47. The largest absolute Gasteiger partial charge is 0.573 e. The van der Waals surface area contributed by atoms with E-state index in [4.69, 9.17) is 4.74 Å². The number of benzene rings is 2. The minimum atomic E-state index is -4.88. The van der Waals surface area contributed by atoms with Crippen molar-refractivity contribution in [3.05, 3.63) is 65.2 Å². The van der Waals surface area contributed by atoms with Gasteiger partial charge in [-0.25, -0.2) is 13.2 Å². The molecule has 228 valence electrons. The Morgan fingerprint density at radius 2 is 1.71 bits per heavy atom. The number of nitrogens with one attached hydrogen (secondary N) is 2. The summed E-state index contributed by atoms with van der Waals surface area (Å²) in [7, 11) is -4.20. The third kappa shape index (κ3) is 9.33. The number of alkyl halides is 3. The van der Waals surface area contributed by atoms with Gasteiger partial charge in [0.2, 0.25) is 0 Å². The standard InChI is InChI=1S/C29H33F3N2O7S/c1-5-6-13-33-26(36)19-9-12-25-22(15-19)20(14-18-7-10-21(11-8-18)40-29(30,31)32)16-24(35)23(17-42(25,38)39)34-27(37)41-28(2,3)4/h7-12,15-16,23H,5-6,13-14,17H2,1-4H3,(H,33,36)(H,34,37)/t23-/m0/s1. The summed E-state index contributed by atoms with van der Waals surface area (Å²) in [6.07, 6.45) is -3.18. The normalized spacial score (nSPS) is 16.8. The number of hydrogen-bond donors (Lipinski definition) is 2. The summed E-state index contributed by atoms with van der Waals surface area (Å²) in [5.41, 5.74) is -0.0322. The maximum Gasteiger partial charge on any atom is 0.573 e. The molecule has 0 spiro atoms. The van der Waals surface area contributed by atoms with Gasteiger partial charge in [-0.15, -0.1) is 13.2 Å². The van der Waals surface area contributed by atoms with Crippen LogP contribution < -0.4 is 15.4 Å². The van der Waals surface area contributed by atoms with Gasteiger partial charge in [0.05, 0.1) is 10.6 Å². The minimum absolute atomic E-state index is 0.0827. The number of sulfone groups is 1. The Labute approximate surface area is 242 Å². The predicted octanol–water partition coefficient (Wildman–Crippen LogP) is 4.99. The van der Waals surface area contributed by atoms with E-state index in [2.05, 4.69) is 15.4 Å². The van der Waals surface area contributed by atoms with E-state index in [9.17, 15) is 36.0 Å². The first-order valence-corrected chi connectivity index (χ1v) is 14.9. The highest BCUT2D eigenvalue weighted by molar-refractivity contribution is 7.91. The summed E-state index contributed by atoms with van der Waals surface area (Å²) in [6.45, 7) is 7.20. The van der Waals surface area contributed by atoms with Gasteiger partial charge >= 0.3 is 12.5 Å². The zero-order valence-corrected chi connectivity index (χ0v) is 24.4. The second-order valence-electron chi connectivity index (χ2n) is 10.7. The molecule has 9 nitrogen and oxygen atoms in total. The quantitative estimate of drug-likeness (QED) is 0.403. The fraction of sp³-hybridized carbons (Fsp3) is 0.414. The number of halogens is 3. The first kappa shape index (κ1) is 32.6. The zero-order valence-electron chi connectivity index (χ0n) is 23.6. The summed E-state index contributed by atoms with van der Waals surface area (Å²) in [5.74, 6) is -2.38. The average molecular weight is 611 g/mol. The summed E-state index contributed by atoms with van der Waals surface area (Å²) in [5, 5.41) is 5.09. The van der Waals surface area contributed by atoms with Crippen LogP contribution in [-0.4, -0.2) is 56.5 Å². The highest BCUT2D eigenvalue weighted by atomic mass is 32.2. The fourth-order valence-electron chi connectivity index (χ4n) is 4.15. The molecule has 0 bridgehead atoms. The van der Waals surface area contributed by atoms with E-state index in [-0.39, 0.29) is 28.0 Å². The van der Waals surface area contributed by atoms with Gasteiger partial charge in [0.15, 0.2) is 15.6 Å². The van der Waals surface area contributed by atoms with E-state index in [1.165, 1.54) is 36.4 Å². The van der Waals surface area contributed by atoms with Crippen molar-refractivity contribution < 1.29 is 45.4 Å².